The monoisotopic (exact) mass is 392 g/mol. The highest BCUT2D eigenvalue weighted by Gasteiger charge is 2.18. The van der Waals surface area contributed by atoms with Crippen LogP contribution in [0.25, 0.3) is 10.9 Å². The summed E-state index contributed by atoms with van der Waals surface area (Å²) in [6.45, 7) is 0. The van der Waals surface area contributed by atoms with Crippen molar-refractivity contribution < 1.29 is 4.79 Å². The molecule has 0 aliphatic rings. The normalized spacial score (nSPS) is 10.7. The Hall–Kier alpha value is -2.88. The van der Waals surface area contributed by atoms with Crippen molar-refractivity contribution in [2.24, 2.45) is 0 Å². The maximum Gasteiger partial charge on any atom is 0.196 e. The van der Waals surface area contributed by atoms with Gasteiger partial charge in [0, 0.05) is 32.9 Å². The molecule has 0 unspecified atom stereocenters. The number of rotatable bonds is 4. The summed E-state index contributed by atoms with van der Waals surface area (Å²) in [7, 11) is 0. The van der Waals surface area contributed by atoms with Crippen LogP contribution in [0.1, 0.15) is 15.9 Å². The van der Waals surface area contributed by atoms with Crippen LogP contribution in [-0.2, 0) is 0 Å². The lowest BCUT2D eigenvalue weighted by Gasteiger charge is -2.14. The smallest absolute Gasteiger partial charge is 0.196 e. The molecule has 0 saturated carbocycles. The summed E-state index contributed by atoms with van der Waals surface area (Å²) in [6, 6.07) is 21.9. The van der Waals surface area contributed by atoms with Crippen molar-refractivity contribution in [2.75, 3.05) is 5.32 Å². The summed E-state index contributed by atoms with van der Waals surface area (Å²) in [5.41, 5.74) is 3.31. The van der Waals surface area contributed by atoms with Crippen LogP contribution >= 0.6 is 23.2 Å². The molecule has 1 aromatic heterocycles. The summed E-state index contributed by atoms with van der Waals surface area (Å²) >= 11 is 12.2. The fraction of sp³-hybridized carbons (Fsp3) is 0. The maximum absolute atomic E-state index is 13.1. The van der Waals surface area contributed by atoms with Gasteiger partial charge in [-0.05, 0) is 54.6 Å². The van der Waals surface area contributed by atoms with Crippen LogP contribution in [0.15, 0.2) is 79.0 Å². The summed E-state index contributed by atoms with van der Waals surface area (Å²) in [5, 5.41) is 5.30. The second-order valence-corrected chi connectivity index (χ2v) is 6.91. The van der Waals surface area contributed by atoms with Crippen molar-refractivity contribution in [3.63, 3.8) is 0 Å². The van der Waals surface area contributed by atoms with Crippen LogP contribution in [0.3, 0.4) is 0 Å². The van der Waals surface area contributed by atoms with Crippen molar-refractivity contribution in [3.8, 4) is 0 Å². The first-order valence-electron chi connectivity index (χ1n) is 8.32. The van der Waals surface area contributed by atoms with Crippen molar-refractivity contribution in [3.05, 3.63) is 100 Å². The highest BCUT2D eigenvalue weighted by Crippen LogP contribution is 2.32. The molecule has 4 rings (SSSR count). The summed E-state index contributed by atoms with van der Waals surface area (Å²) < 4.78 is 0. The molecule has 0 bridgehead atoms. The molecule has 0 aliphatic carbocycles. The Labute approximate surface area is 166 Å². The lowest BCUT2D eigenvalue weighted by Crippen LogP contribution is -2.07. The minimum Gasteiger partial charge on any atom is -0.354 e. The topological polar surface area (TPSA) is 42.0 Å². The van der Waals surface area contributed by atoms with Crippen molar-refractivity contribution in [1.82, 2.24) is 4.98 Å². The molecule has 0 saturated heterocycles. The summed E-state index contributed by atoms with van der Waals surface area (Å²) in [6.07, 6.45) is 1.60. The number of halogens is 2. The molecule has 3 aromatic carbocycles. The zero-order chi connectivity index (χ0) is 18.8. The van der Waals surface area contributed by atoms with Crippen molar-refractivity contribution in [1.29, 1.82) is 0 Å². The molecular formula is C22H14Cl2N2O. The third-order valence-electron chi connectivity index (χ3n) is 4.22. The standard InChI is InChI=1S/C22H14Cl2N2O/c23-15-8-6-14(7-9-15)22(27)19-13-25-20-11-10-16(24)12-18(20)21(19)26-17-4-2-1-3-5-17/h1-13H,(H,25,26). The summed E-state index contributed by atoms with van der Waals surface area (Å²) in [5.74, 6) is -0.139. The Kier molecular flexibility index (Phi) is 4.80. The molecule has 5 heteroatoms. The van der Waals surface area contributed by atoms with Crippen LogP contribution in [0, 0.1) is 0 Å². The molecule has 0 fully saturated rings. The largest absolute Gasteiger partial charge is 0.354 e. The number of nitrogens with one attached hydrogen (secondary N) is 1. The fourth-order valence-electron chi connectivity index (χ4n) is 2.89. The quantitative estimate of drug-likeness (QED) is 0.402. The molecule has 0 aliphatic heterocycles. The molecule has 0 amide bonds. The number of benzene rings is 3. The second-order valence-electron chi connectivity index (χ2n) is 6.04. The van der Waals surface area contributed by atoms with E-state index in [9.17, 15) is 4.79 Å². The summed E-state index contributed by atoms with van der Waals surface area (Å²) in [4.78, 5) is 17.6. The number of nitrogens with zero attached hydrogens (tertiary/aromatic N) is 1. The molecular weight excluding hydrogens is 379 g/mol. The fourth-order valence-corrected chi connectivity index (χ4v) is 3.19. The van der Waals surface area contributed by atoms with E-state index in [2.05, 4.69) is 10.3 Å². The van der Waals surface area contributed by atoms with Gasteiger partial charge >= 0.3 is 0 Å². The van der Waals surface area contributed by atoms with E-state index in [-0.39, 0.29) is 5.78 Å². The molecule has 27 heavy (non-hydrogen) atoms. The number of aromatic nitrogens is 1. The maximum atomic E-state index is 13.1. The Morgan fingerprint density at radius 3 is 2.30 bits per heavy atom. The molecule has 0 radical (unpaired) electrons. The van der Waals surface area contributed by atoms with Gasteiger partial charge in [0.2, 0.25) is 0 Å². The predicted molar refractivity (Wildman–Crippen MR) is 111 cm³/mol. The number of anilines is 2. The Balaban J connectivity index is 1.89. The minimum absolute atomic E-state index is 0.139. The number of fused-ring (bicyclic) bond motifs is 1. The first-order chi connectivity index (χ1) is 13.1. The van der Waals surface area contributed by atoms with Crippen LogP contribution in [-0.4, -0.2) is 10.8 Å². The first kappa shape index (κ1) is 17.5. The van der Waals surface area contributed by atoms with E-state index < -0.39 is 0 Å². The van der Waals surface area contributed by atoms with Crippen LogP contribution in [0.5, 0.6) is 0 Å². The highest BCUT2D eigenvalue weighted by atomic mass is 35.5. The number of hydrogen-bond acceptors (Lipinski definition) is 3. The highest BCUT2D eigenvalue weighted by molar-refractivity contribution is 6.32. The zero-order valence-corrected chi connectivity index (χ0v) is 15.6. The van der Waals surface area contributed by atoms with Gasteiger partial charge in [0.15, 0.2) is 5.78 Å². The molecule has 1 heterocycles. The number of pyridine rings is 1. The molecule has 1 N–H and O–H groups in total. The van der Waals surface area contributed by atoms with E-state index >= 15 is 0 Å². The van der Waals surface area contributed by atoms with Crippen molar-refractivity contribution >= 4 is 51.3 Å². The van der Waals surface area contributed by atoms with E-state index in [4.69, 9.17) is 23.2 Å². The van der Waals surface area contributed by atoms with Gasteiger partial charge in [-0.25, -0.2) is 0 Å². The van der Waals surface area contributed by atoms with Gasteiger partial charge in [0.1, 0.15) is 0 Å². The van der Waals surface area contributed by atoms with Gasteiger partial charge in [0.05, 0.1) is 16.8 Å². The van der Waals surface area contributed by atoms with E-state index in [1.807, 2.05) is 42.5 Å². The third-order valence-corrected chi connectivity index (χ3v) is 4.71. The van der Waals surface area contributed by atoms with Crippen LogP contribution in [0.2, 0.25) is 10.0 Å². The Bertz CT molecular complexity index is 1130. The van der Waals surface area contributed by atoms with Gasteiger partial charge in [-0.2, -0.15) is 0 Å². The zero-order valence-electron chi connectivity index (χ0n) is 14.1. The van der Waals surface area contributed by atoms with Gasteiger partial charge in [0.25, 0.3) is 0 Å². The number of carbonyl (C=O) groups excluding carboxylic acids is 1. The SMILES string of the molecule is O=C(c1ccc(Cl)cc1)c1cnc2ccc(Cl)cc2c1Nc1ccccc1. The van der Waals surface area contributed by atoms with Crippen LogP contribution in [0.4, 0.5) is 11.4 Å². The van der Waals surface area contributed by atoms with E-state index in [1.54, 1.807) is 36.5 Å². The lowest BCUT2D eigenvalue weighted by atomic mass is 10.0. The number of para-hydroxylation sites is 1. The molecule has 4 aromatic rings. The third kappa shape index (κ3) is 3.65. The molecule has 0 atom stereocenters. The van der Waals surface area contributed by atoms with Crippen molar-refractivity contribution in [2.45, 2.75) is 0 Å². The second kappa shape index (κ2) is 7.39. The Morgan fingerprint density at radius 2 is 1.56 bits per heavy atom. The van der Waals surface area contributed by atoms with E-state index in [1.165, 1.54) is 0 Å². The lowest BCUT2D eigenvalue weighted by molar-refractivity contribution is 0.103. The van der Waals surface area contributed by atoms with E-state index in [0.29, 0.717) is 26.9 Å². The van der Waals surface area contributed by atoms with Crippen LogP contribution < -0.4 is 5.32 Å². The average molecular weight is 393 g/mol. The molecule has 0 spiro atoms. The first-order valence-corrected chi connectivity index (χ1v) is 9.08. The average Bonchev–Trinajstić information content (AvgIpc) is 2.69. The van der Waals surface area contributed by atoms with Gasteiger partial charge < -0.3 is 5.32 Å². The van der Waals surface area contributed by atoms with Gasteiger partial charge in [-0.15, -0.1) is 0 Å². The van der Waals surface area contributed by atoms with Gasteiger partial charge in [-0.1, -0.05) is 41.4 Å². The number of hydrogen-bond donors (Lipinski definition) is 1. The van der Waals surface area contributed by atoms with Gasteiger partial charge in [-0.3, -0.25) is 9.78 Å². The number of ketones is 1. The minimum atomic E-state index is -0.139. The number of carbonyl (C=O) groups is 1. The Morgan fingerprint density at radius 1 is 0.852 bits per heavy atom. The van der Waals surface area contributed by atoms with E-state index in [0.717, 1.165) is 16.6 Å². The predicted octanol–water partition coefficient (Wildman–Crippen LogP) is 6.52. The molecule has 3 nitrogen and oxygen atoms in total. The molecule has 132 valence electrons.